The predicted octanol–water partition coefficient (Wildman–Crippen LogP) is 0.689. The summed E-state index contributed by atoms with van der Waals surface area (Å²) in [4.78, 5) is 36.5. The van der Waals surface area contributed by atoms with Gasteiger partial charge < -0.3 is 36.6 Å². The summed E-state index contributed by atoms with van der Waals surface area (Å²) in [6.07, 6.45) is 4.88. The Morgan fingerprint density at radius 1 is 1.05 bits per heavy atom. The van der Waals surface area contributed by atoms with Gasteiger partial charge in [0.05, 0.1) is 28.3 Å². The van der Waals surface area contributed by atoms with Crippen molar-refractivity contribution in [1.82, 2.24) is 19.4 Å². The van der Waals surface area contributed by atoms with E-state index >= 15 is 0 Å². The summed E-state index contributed by atoms with van der Waals surface area (Å²) in [5.41, 5.74) is 1.61. The second kappa shape index (κ2) is 13.2. The Hall–Kier alpha value is -3.50. The number of benzene rings is 1. The van der Waals surface area contributed by atoms with Gasteiger partial charge >= 0.3 is 23.0 Å². The zero-order chi connectivity index (χ0) is 26.8. The van der Waals surface area contributed by atoms with Crippen molar-refractivity contribution in [2.75, 3.05) is 44.7 Å². The Kier molecular flexibility index (Phi) is 10.3. The van der Waals surface area contributed by atoms with E-state index in [9.17, 15) is 19.1 Å². The quantitative estimate of drug-likeness (QED) is 0.339. The van der Waals surface area contributed by atoms with Gasteiger partial charge in [-0.05, 0) is 44.3 Å². The van der Waals surface area contributed by atoms with Crippen LogP contribution in [-0.2, 0) is 17.1 Å². The molecule has 9 nitrogen and oxygen atoms in total. The molecule has 3 aromatic heterocycles. The molecule has 1 unspecified atom stereocenters. The number of hydrogen-bond donors (Lipinski definition) is 1. The minimum absolute atomic E-state index is 0. The topological polar surface area (TPSA) is 101 Å². The molecule has 1 radical (unpaired) electrons. The number of hydrogen-bond acceptors (Lipinski definition) is 7. The summed E-state index contributed by atoms with van der Waals surface area (Å²) in [6.45, 7) is 5.08. The third-order valence-corrected chi connectivity index (χ3v) is 6.78. The second-order valence-corrected chi connectivity index (χ2v) is 9.40. The van der Waals surface area contributed by atoms with Crippen molar-refractivity contribution >= 4 is 22.6 Å². The zero-order valence-corrected chi connectivity index (χ0v) is 23.8. The molecule has 209 valence electrons. The average Bonchev–Trinajstić information content (AvgIpc) is 2.93. The molecule has 0 spiro atoms. The fourth-order valence-corrected chi connectivity index (χ4v) is 4.72. The van der Waals surface area contributed by atoms with E-state index < -0.39 is 17.2 Å². The molecule has 0 aliphatic carbocycles. The van der Waals surface area contributed by atoms with Crippen LogP contribution >= 0.6 is 0 Å². The molecular weight excluding hydrogens is 581 g/mol. The minimum atomic E-state index is -1.32. The number of aromatic nitrogens is 3. The van der Waals surface area contributed by atoms with Crippen molar-refractivity contribution in [2.24, 2.45) is 0 Å². The average molecular weight is 609 g/mol. The summed E-state index contributed by atoms with van der Waals surface area (Å²) in [5, 5.41) is 9.36. The van der Waals surface area contributed by atoms with Crippen LogP contribution in [0, 0.1) is 5.82 Å². The molecule has 1 aromatic carbocycles. The summed E-state index contributed by atoms with van der Waals surface area (Å²) < 4.78 is 22.6. The van der Waals surface area contributed by atoms with Crippen molar-refractivity contribution in [3.63, 3.8) is 0 Å². The molecule has 5 heterocycles. The SMILES string of the molecule is CC1COc2c(N3CCN(C)CC3)c(F)cc3c(=O)c(C(=O)O)cn1c23.[Cl-].[Fe+3].c1ccc(-c2ccccn2)nc1. The van der Waals surface area contributed by atoms with Crippen LogP contribution in [0.3, 0.4) is 0 Å². The Labute approximate surface area is 247 Å². The van der Waals surface area contributed by atoms with Crippen molar-refractivity contribution in [3.8, 4) is 17.1 Å². The fraction of sp³-hybridized carbons (Fsp3) is 0.286. The van der Waals surface area contributed by atoms with Gasteiger partial charge in [-0.25, -0.2) is 9.18 Å². The summed E-state index contributed by atoms with van der Waals surface area (Å²) in [6, 6.07) is 12.6. The maximum absolute atomic E-state index is 15.0. The first-order chi connectivity index (χ1) is 18.3. The van der Waals surface area contributed by atoms with E-state index in [0.29, 0.717) is 30.0 Å². The normalized spacial score (nSPS) is 16.1. The van der Waals surface area contributed by atoms with Crippen LogP contribution in [0.2, 0.25) is 0 Å². The fourth-order valence-electron chi connectivity index (χ4n) is 4.72. The minimum Gasteiger partial charge on any atom is -1.00 e. The smallest absolute Gasteiger partial charge is 1.00 e. The Balaban J connectivity index is 0.000000266. The molecule has 1 saturated heterocycles. The Morgan fingerprint density at radius 2 is 1.65 bits per heavy atom. The molecule has 1 atom stereocenters. The number of carboxylic acids is 1. The molecule has 6 rings (SSSR count). The van der Waals surface area contributed by atoms with E-state index in [2.05, 4.69) is 14.9 Å². The largest absolute Gasteiger partial charge is 3.00 e. The summed E-state index contributed by atoms with van der Waals surface area (Å²) in [7, 11) is 2.02. The van der Waals surface area contributed by atoms with Gasteiger partial charge in [-0.1, -0.05) is 12.1 Å². The van der Waals surface area contributed by atoms with Gasteiger partial charge in [0.2, 0.25) is 5.43 Å². The molecule has 2 aliphatic rings. The van der Waals surface area contributed by atoms with Gasteiger partial charge in [0, 0.05) is 44.8 Å². The van der Waals surface area contributed by atoms with Gasteiger partial charge in [0.1, 0.15) is 17.9 Å². The monoisotopic (exact) mass is 608 g/mol. The molecular formula is C28H28ClFFeN5O4+2. The van der Waals surface area contributed by atoms with Gasteiger partial charge in [-0.15, -0.1) is 0 Å². The molecule has 0 saturated carbocycles. The van der Waals surface area contributed by atoms with Crippen molar-refractivity contribution < 1.29 is 48.5 Å². The zero-order valence-electron chi connectivity index (χ0n) is 21.9. The number of piperazine rings is 1. The molecule has 1 fully saturated rings. The van der Waals surface area contributed by atoms with Gasteiger partial charge in [-0.3, -0.25) is 14.8 Å². The number of carbonyl (C=O) groups is 1. The molecule has 2 aliphatic heterocycles. The van der Waals surface area contributed by atoms with Crippen LogP contribution in [0.4, 0.5) is 10.1 Å². The van der Waals surface area contributed by atoms with Crippen LogP contribution in [-0.4, -0.2) is 70.3 Å². The van der Waals surface area contributed by atoms with Crippen molar-refractivity contribution in [2.45, 2.75) is 13.0 Å². The van der Waals surface area contributed by atoms with E-state index in [0.717, 1.165) is 30.5 Å². The number of rotatable bonds is 3. The number of anilines is 1. The van der Waals surface area contributed by atoms with E-state index in [1.54, 1.807) is 17.0 Å². The van der Waals surface area contributed by atoms with Gasteiger partial charge in [0.25, 0.3) is 0 Å². The van der Waals surface area contributed by atoms with Crippen LogP contribution in [0.1, 0.15) is 23.3 Å². The summed E-state index contributed by atoms with van der Waals surface area (Å²) in [5.74, 6) is -1.54. The number of pyridine rings is 3. The molecule has 0 bridgehead atoms. The number of likely N-dealkylation sites (N-methyl/N-ethyl adjacent to an activating group) is 1. The van der Waals surface area contributed by atoms with Gasteiger partial charge in [-0.2, -0.15) is 0 Å². The predicted molar refractivity (Wildman–Crippen MR) is 143 cm³/mol. The van der Waals surface area contributed by atoms with Crippen LogP contribution in [0.15, 0.2) is 65.8 Å². The maximum Gasteiger partial charge on any atom is 3.00 e. The molecule has 1 N–H and O–H groups in total. The molecule has 4 aromatic rings. The third-order valence-electron chi connectivity index (χ3n) is 6.78. The van der Waals surface area contributed by atoms with Crippen LogP contribution in [0.25, 0.3) is 22.3 Å². The number of halogens is 2. The van der Waals surface area contributed by atoms with Gasteiger partial charge in [0.15, 0.2) is 11.6 Å². The second-order valence-electron chi connectivity index (χ2n) is 9.40. The number of aromatic carboxylic acids is 1. The first-order valence-electron chi connectivity index (χ1n) is 12.4. The van der Waals surface area contributed by atoms with E-state index in [1.807, 2.05) is 55.3 Å². The number of nitrogens with zero attached hydrogens (tertiary/aromatic N) is 5. The summed E-state index contributed by atoms with van der Waals surface area (Å²) >= 11 is 0. The number of carboxylic acid groups (broad SMARTS) is 1. The maximum atomic E-state index is 15.0. The molecule has 0 amide bonds. The molecule has 12 heteroatoms. The Morgan fingerprint density at radius 3 is 2.17 bits per heavy atom. The van der Waals surface area contributed by atoms with Crippen molar-refractivity contribution in [1.29, 1.82) is 0 Å². The van der Waals surface area contributed by atoms with E-state index in [4.69, 9.17) is 4.74 Å². The van der Waals surface area contributed by atoms with E-state index in [1.165, 1.54) is 6.20 Å². The first-order valence-corrected chi connectivity index (χ1v) is 12.4. The number of ether oxygens (including phenoxy) is 1. The van der Waals surface area contributed by atoms with Crippen LogP contribution in [0.5, 0.6) is 5.75 Å². The molecule has 40 heavy (non-hydrogen) atoms. The van der Waals surface area contributed by atoms with E-state index in [-0.39, 0.29) is 53.1 Å². The van der Waals surface area contributed by atoms with Crippen molar-refractivity contribution in [3.05, 3.63) is 82.7 Å². The first kappa shape index (κ1) is 31.0. The standard InChI is InChI=1S/C18H20FN3O4.C10H8N2.ClH.Fe/c1-10-9-26-17-14-11(16(23)12(18(24)25)8-22(10)14)7-13(19)15(17)21-5-3-20(2)4-6-21;1-3-7-11-9(5-1)10-6-2-4-8-12-10;;/h7-8,10H,3-6,9H2,1-2H3,(H,24,25);1-8H;1H;/q;;;+3/p-1. The third kappa shape index (κ3) is 6.13. The Bertz CT molecular complexity index is 1500. The van der Waals surface area contributed by atoms with Crippen LogP contribution < -0.4 is 27.5 Å².